The van der Waals surface area contributed by atoms with Gasteiger partial charge in [0.05, 0.1) is 11.6 Å². The second-order valence-corrected chi connectivity index (χ2v) is 12.2. The molecule has 42 heavy (non-hydrogen) atoms. The van der Waals surface area contributed by atoms with Crippen LogP contribution in [0.1, 0.15) is 33.3 Å². The first-order chi connectivity index (χ1) is 20.5. The molecule has 0 unspecified atom stereocenters. The highest BCUT2D eigenvalue weighted by Crippen LogP contribution is 2.44. The van der Waals surface area contributed by atoms with E-state index in [1.54, 1.807) is 12.1 Å². The van der Waals surface area contributed by atoms with Gasteiger partial charge in [-0.3, -0.25) is 14.5 Å². The third-order valence-electron chi connectivity index (χ3n) is 7.33. The fourth-order valence-corrected chi connectivity index (χ4v) is 7.11. The Balaban J connectivity index is 1.23. The van der Waals surface area contributed by atoms with Gasteiger partial charge in [0.1, 0.15) is 5.58 Å². The van der Waals surface area contributed by atoms with Gasteiger partial charge in [0.15, 0.2) is 15.9 Å². The normalized spacial score (nSPS) is 15.3. The maximum Gasteiger partial charge on any atom is 0.296 e. The van der Waals surface area contributed by atoms with Gasteiger partial charge in [-0.05, 0) is 41.0 Å². The molecule has 1 amide bonds. The average molecular weight is 590 g/mol. The number of ketones is 1. The molecule has 0 saturated carbocycles. The Hall–Kier alpha value is -4.73. The van der Waals surface area contributed by atoms with Crippen molar-refractivity contribution in [3.8, 4) is 0 Å². The van der Waals surface area contributed by atoms with Crippen molar-refractivity contribution >= 4 is 61.7 Å². The van der Waals surface area contributed by atoms with Crippen molar-refractivity contribution in [2.24, 2.45) is 0 Å². The maximum atomic E-state index is 13.8. The van der Waals surface area contributed by atoms with Gasteiger partial charge in [-0.15, -0.1) is 10.2 Å². The Bertz CT molecular complexity index is 1990. The van der Waals surface area contributed by atoms with Gasteiger partial charge in [0, 0.05) is 11.1 Å². The maximum absolute atomic E-state index is 13.8. The van der Waals surface area contributed by atoms with Crippen LogP contribution in [0.2, 0.25) is 0 Å². The quantitative estimate of drug-likeness (QED) is 0.115. The molecule has 1 aliphatic rings. The van der Waals surface area contributed by atoms with Gasteiger partial charge in [0.25, 0.3) is 5.91 Å². The lowest BCUT2D eigenvalue weighted by Gasteiger charge is -2.23. The summed E-state index contributed by atoms with van der Waals surface area (Å²) in [4.78, 5) is 28.8. The number of furan rings is 1. The van der Waals surface area contributed by atoms with E-state index in [2.05, 4.69) is 34.5 Å². The molecule has 2 aromatic heterocycles. The molecular weight excluding hydrogens is 567 g/mol. The van der Waals surface area contributed by atoms with E-state index in [1.807, 2.05) is 67.6 Å². The number of rotatable bonds is 7. The fourth-order valence-electron chi connectivity index (χ4n) is 5.24. The number of carbonyl (C=O) groups excluding carboxylic acids is 2. The summed E-state index contributed by atoms with van der Waals surface area (Å²) in [7, 11) is 0. The minimum Gasteiger partial charge on any atom is -0.503 e. The molecule has 4 aromatic carbocycles. The zero-order valence-corrected chi connectivity index (χ0v) is 24.0. The molecule has 9 heteroatoms. The summed E-state index contributed by atoms with van der Waals surface area (Å²) in [6.07, 6.45) is 0. The zero-order valence-electron chi connectivity index (χ0n) is 22.4. The number of nitrogens with zero attached hydrogens (tertiary/aromatic N) is 3. The molecule has 6 aromatic rings. The molecule has 1 aliphatic heterocycles. The van der Waals surface area contributed by atoms with Gasteiger partial charge in [0.2, 0.25) is 10.9 Å². The van der Waals surface area contributed by atoms with Crippen LogP contribution in [0, 0.1) is 6.92 Å². The predicted molar refractivity (Wildman–Crippen MR) is 165 cm³/mol. The molecule has 0 radical (unpaired) electrons. The number of hydrogen-bond acceptors (Lipinski definition) is 8. The summed E-state index contributed by atoms with van der Waals surface area (Å²) >= 11 is 2.77. The van der Waals surface area contributed by atoms with E-state index in [4.69, 9.17) is 4.42 Å². The number of hydrogen-bond donors (Lipinski definition) is 1. The van der Waals surface area contributed by atoms with Crippen molar-refractivity contribution in [2.45, 2.75) is 23.1 Å². The highest BCUT2D eigenvalue weighted by molar-refractivity contribution is 8.00. The van der Waals surface area contributed by atoms with Crippen molar-refractivity contribution in [1.29, 1.82) is 0 Å². The van der Waals surface area contributed by atoms with Gasteiger partial charge in [-0.1, -0.05) is 114 Å². The lowest BCUT2D eigenvalue weighted by atomic mass is 9.94. The highest BCUT2D eigenvalue weighted by Gasteiger charge is 2.46. The van der Waals surface area contributed by atoms with E-state index >= 15 is 0 Å². The number of benzene rings is 4. The minimum absolute atomic E-state index is 0.0492. The second kappa shape index (κ2) is 10.6. The van der Waals surface area contributed by atoms with E-state index in [1.165, 1.54) is 44.3 Å². The summed E-state index contributed by atoms with van der Waals surface area (Å²) in [6.45, 7) is 1.96. The lowest BCUT2D eigenvalue weighted by molar-refractivity contribution is -0.117. The van der Waals surface area contributed by atoms with Crippen molar-refractivity contribution in [3.63, 3.8) is 0 Å². The van der Waals surface area contributed by atoms with E-state index in [0.29, 0.717) is 26.4 Å². The predicted octanol–water partition coefficient (Wildman–Crippen LogP) is 7.82. The molecular formula is C33H23N3O4S2. The zero-order chi connectivity index (χ0) is 28.8. The van der Waals surface area contributed by atoms with E-state index in [-0.39, 0.29) is 11.3 Å². The van der Waals surface area contributed by atoms with Crippen molar-refractivity contribution in [2.75, 3.05) is 4.90 Å². The lowest BCUT2D eigenvalue weighted by Crippen LogP contribution is -2.31. The molecule has 0 spiro atoms. The smallest absolute Gasteiger partial charge is 0.296 e. The number of aliphatic hydroxyl groups is 1. The van der Waals surface area contributed by atoms with Crippen molar-refractivity contribution < 1.29 is 19.1 Å². The summed E-state index contributed by atoms with van der Waals surface area (Å²) in [5.74, 6) is -1.16. The molecule has 0 fully saturated rings. The molecule has 1 atom stereocenters. The first kappa shape index (κ1) is 26.2. The topological polar surface area (TPSA) is 96.5 Å². The molecule has 3 heterocycles. The number of fused-ring (bicyclic) bond motifs is 2. The van der Waals surface area contributed by atoms with Crippen LogP contribution >= 0.6 is 23.1 Å². The van der Waals surface area contributed by atoms with Crippen LogP contribution in [0.4, 0.5) is 5.13 Å². The number of anilines is 1. The summed E-state index contributed by atoms with van der Waals surface area (Å²) in [5, 5.41) is 23.2. The largest absolute Gasteiger partial charge is 0.503 e. The summed E-state index contributed by atoms with van der Waals surface area (Å²) in [5.41, 5.74) is 3.35. The van der Waals surface area contributed by atoms with Gasteiger partial charge in [-0.2, -0.15) is 0 Å². The number of thioether (sulfide) groups is 1. The molecule has 0 saturated heterocycles. The van der Waals surface area contributed by atoms with Crippen LogP contribution in [0.25, 0.3) is 21.7 Å². The van der Waals surface area contributed by atoms with E-state index in [0.717, 1.165) is 10.9 Å². The highest BCUT2D eigenvalue weighted by atomic mass is 32.2. The number of aryl methyl sites for hydroxylation is 1. The first-order valence-electron chi connectivity index (χ1n) is 13.3. The molecule has 0 aliphatic carbocycles. The van der Waals surface area contributed by atoms with Gasteiger partial charge < -0.3 is 9.52 Å². The van der Waals surface area contributed by atoms with Crippen molar-refractivity contribution in [3.05, 3.63) is 131 Å². The second-order valence-electron chi connectivity index (χ2n) is 10.0. The van der Waals surface area contributed by atoms with Gasteiger partial charge in [-0.25, -0.2) is 0 Å². The van der Waals surface area contributed by atoms with Crippen LogP contribution in [0.3, 0.4) is 0 Å². The van der Waals surface area contributed by atoms with Crippen LogP contribution in [0.5, 0.6) is 0 Å². The van der Waals surface area contributed by atoms with Crippen molar-refractivity contribution in [1.82, 2.24) is 10.2 Å². The summed E-state index contributed by atoms with van der Waals surface area (Å²) < 4.78 is 6.50. The van der Waals surface area contributed by atoms with Gasteiger partial charge >= 0.3 is 0 Å². The third kappa shape index (κ3) is 4.56. The SMILES string of the molecule is Cc1ccc([C@@H]2C(C(=O)c3cc4ccccc4o3)=C(O)C(=O)N2c2nnc(SCc3cccc4ccccc34)s2)cc1. The fraction of sp³-hybridized carbons (Fsp3) is 0.0909. The number of carbonyl (C=O) groups is 2. The van der Waals surface area contributed by atoms with E-state index < -0.39 is 23.5 Å². The number of para-hydroxylation sites is 1. The van der Waals surface area contributed by atoms with Crippen LogP contribution in [-0.4, -0.2) is 27.0 Å². The molecule has 206 valence electrons. The Labute approximate surface area is 249 Å². The molecule has 7 nitrogen and oxygen atoms in total. The molecule has 7 rings (SSSR count). The summed E-state index contributed by atoms with van der Waals surface area (Å²) in [6, 6.07) is 29.9. The Kier molecular flexibility index (Phi) is 6.60. The van der Waals surface area contributed by atoms with Crippen LogP contribution in [0.15, 0.2) is 117 Å². The first-order valence-corrected chi connectivity index (χ1v) is 15.1. The van der Waals surface area contributed by atoms with E-state index in [9.17, 15) is 14.7 Å². The average Bonchev–Trinajstić information content (AvgIpc) is 3.73. The number of amides is 1. The standard InChI is InChI=1S/C33H23N3O4S2/c1-19-13-15-21(16-14-19)28-27(29(37)26-17-22-8-3-5-12-25(22)40-26)30(38)31(39)36(28)32-34-35-33(42-32)41-18-23-10-6-9-20-7-2-4-11-24(20)23/h2-17,28,38H,18H2,1H3/t28-/m1/s1. The minimum atomic E-state index is -0.900. The van der Waals surface area contributed by atoms with Crippen LogP contribution in [-0.2, 0) is 10.5 Å². The Morgan fingerprint density at radius 2 is 1.69 bits per heavy atom. The Morgan fingerprint density at radius 1 is 0.952 bits per heavy atom. The monoisotopic (exact) mass is 589 g/mol. The molecule has 1 N–H and O–H groups in total. The van der Waals surface area contributed by atoms with Crippen LogP contribution < -0.4 is 4.90 Å². The molecule has 0 bridgehead atoms. The Morgan fingerprint density at radius 3 is 2.50 bits per heavy atom. The third-order valence-corrected chi connectivity index (χ3v) is 9.43. The number of aliphatic hydroxyl groups excluding tert-OH is 1. The number of aromatic nitrogens is 2. The number of Topliss-reactive ketones (excluding diaryl/α,β-unsaturated/α-hetero) is 1.